The van der Waals surface area contributed by atoms with Crippen molar-refractivity contribution in [2.24, 2.45) is 0 Å². The number of aromatic nitrogens is 3. The van der Waals surface area contributed by atoms with E-state index in [1.54, 1.807) is 0 Å². The van der Waals surface area contributed by atoms with Gasteiger partial charge in [0.1, 0.15) is 0 Å². The van der Waals surface area contributed by atoms with Crippen molar-refractivity contribution in [3.05, 3.63) is 35.4 Å². The maximum absolute atomic E-state index is 12.1. The average Bonchev–Trinajstić information content (AvgIpc) is 3.31. The van der Waals surface area contributed by atoms with Gasteiger partial charge in [-0.25, -0.2) is 9.78 Å². The average molecular weight is 403 g/mol. The Morgan fingerprint density at radius 2 is 2.07 bits per heavy atom. The first-order chi connectivity index (χ1) is 13.8. The van der Waals surface area contributed by atoms with Gasteiger partial charge in [0.15, 0.2) is 18.3 Å². The van der Waals surface area contributed by atoms with Crippen LogP contribution in [-0.2, 0) is 16.1 Å². The molecule has 6 nitrogen and oxygen atoms in total. The van der Waals surface area contributed by atoms with Crippen molar-refractivity contribution in [1.29, 1.82) is 0 Å². The van der Waals surface area contributed by atoms with Crippen molar-refractivity contribution < 1.29 is 9.53 Å². The zero-order valence-electron chi connectivity index (χ0n) is 16.4. The molecule has 1 N–H and O–H groups in total. The summed E-state index contributed by atoms with van der Waals surface area (Å²) in [4.78, 5) is 19.3. The molecule has 2 fully saturated rings. The molecule has 0 radical (unpaired) electrons. The molecule has 4 rings (SSSR count). The van der Waals surface area contributed by atoms with Gasteiger partial charge in [-0.05, 0) is 51.6 Å². The molecule has 2 unspecified atom stereocenters. The molecule has 2 aliphatic heterocycles. The fourth-order valence-electron chi connectivity index (χ4n) is 4.14. The molecule has 0 bridgehead atoms. The molecular weight excluding hydrogens is 372 g/mol. The third-order valence-electron chi connectivity index (χ3n) is 5.68. The first kappa shape index (κ1) is 19.7. The number of likely N-dealkylation sites (tertiary alicyclic amines) is 1. The molecule has 1 aliphatic carbocycles. The second kappa shape index (κ2) is 9.74. The Morgan fingerprint density at radius 3 is 2.86 bits per heavy atom. The Morgan fingerprint density at radius 1 is 1.21 bits per heavy atom. The fourth-order valence-corrected chi connectivity index (χ4v) is 5.67. The molecule has 7 heteroatoms. The van der Waals surface area contributed by atoms with E-state index in [2.05, 4.69) is 20.1 Å². The van der Waals surface area contributed by atoms with Crippen LogP contribution in [0.3, 0.4) is 0 Å². The lowest BCUT2D eigenvalue weighted by atomic mass is 10.1. The highest BCUT2D eigenvalue weighted by molar-refractivity contribution is 8.00. The van der Waals surface area contributed by atoms with E-state index in [9.17, 15) is 4.79 Å². The van der Waals surface area contributed by atoms with Gasteiger partial charge in [0.2, 0.25) is 0 Å². The second-order valence-electron chi connectivity index (χ2n) is 7.89. The summed E-state index contributed by atoms with van der Waals surface area (Å²) in [5.74, 6) is 1.19. The smallest absolute Gasteiger partial charge is 0.338 e. The summed E-state index contributed by atoms with van der Waals surface area (Å²) in [6, 6.07) is 0. The largest absolute Gasteiger partial charge is 0.454 e. The molecule has 0 saturated carbocycles. The molecule has 3 heterocycles. The van der Waals surface area contributed by atoms with Gasteiger partial charge < -0.3 is 9.64 Å². The van der Waals surface area contributed by atoms with Crippen molar-refractivity contribution in [1.82, 2.24) is 20.1 Å². The molecule has 1 aromatic heterocycles. The molecule has 0 spiro atoms. The van der Waals surface area contributed by atoms with Crippen LogP contribution < -0.4 is 0 Å². The van der Waals surface area contributed by atoms with Gasteiger partial charge in [-0.15, -0.1) is 11.8 Å². The number of H-pyrrole nitrogens is 1. The van der Waals surface area contributed by atoms with Crippen LogP contribution in [0.1, 0.15) is 68.3 Å². The molecule has 3 aliphatic rings. The number of allylic oxidation sites excluding steroid dienone is 2. The number of esters is 1. The number of hydrogen-bond acceptors (Lipinski definition) is 6. The van der Waals surface area contributed by atoms with E-state index in [1.165, 1.54) is 51.7 Å². The highest BCUT2D eigenvalue weighted by Crippen LogP contribution is 2.43. The fraction of sp³-hybridized carbons (Fsp3) is 0.667. The molecule has 2 atom stereocenters. The quantitative estimate of drug-likeness (QED) is 0.727. The SMILES string of the molecule is O=C(OCc1nc(C2CCC(CN3CCCCCC3)S2)n[nH]1)C1=CCCC=C1. The Hall–Kier alpha value is -1.60. The van der Waals surface area contributed by atoms with Crippen LogP contribution in [0.15, 0.2) is 23.8 Å². The van der Waals surface area contributed by atoms with Gasteiger partial charge in [-0.2, -0.15) is 5.10 Å². The van der Waals surface area contributed by atoms with Crippen molar-refractivity contribution in [3.8, 4) is 0 Å². The van der Waals surface area contributed by atoms with E-state index in [-0.39, 0.29) is 12.6 Å². The lowest BCUT2D eigenvalue weighted by Crippen LogP contribution is -2.30. The minimum Gasteiger partial charge on any atom is -0.454 e. The van der Waals surface area contributed by atoms with Crippen LogP contribution in [0.4, 0.5) is 0 Å². The zero-order valence-corrected chi connectivity index (χ0v) is 17.3. The Labute approximate surface area is 171 Å². The third-order valence-corrected chi connectivity index (χ3v) is 7.22. The number of nitrogens with one attached hydrogen (secondary N) is 1. The Balaban J connectivity index is 1.24. The van der Waals surface area contributed by atoms with E-state index >= 15 is 0 Å². The van der Waals surface area contributed by atoms with Gasteiger partial charge >= 0.3 is 5.97 Å². The molecule has 152 valence electrons. The van der Waals surface area contributed by atoms with Crippen LogP contribution in [0, 0.1) is 0 Å². The monoisotopic (exact) mass is 402 g/mol. The van der Waals surface area contributed by atoms with E-state index in [4.69, 9.17) is 4.74 Å². The summed E-state index contributed by atoms with van der Waals surface area (Å²) in [5.41, 5.74) is 0.633. The number of hydrogen-bond donors (Lipinski definition) is 1. The van der Waals surface area contributed by atoms with Gasteiger partial charge in [-0.1, -0.05) is 31.1 Å². The Bertz CT molecular complexity index is 722. The number of aromatic amines is 1. The van der Waals surface area contributed by atoms with E-state index in [1.807, 2.05) is 30.0 Å². The summed E-state index contributed by atoms with van der Waals surface area (Å²) in [7, 11) is 0. The minimum atomic E-state index is -0.290. The van der Waals surface area contributed by atoms with Crippen LogP contribution in [-0.4, -0.2) is 50.9 Å². The topological polar surface area (TPSA) is 71.1 Å². The van der Waals surface area contributed by atoms with Crippen LogP contribution >= 0.6 is 11.8 Å². The predicted molar refractivity (Wildman–Crippen MR) is 111 cm³/mol. The van der Waals surface area contributed by atoms with Gasteiger partial charge in [0.05, 0.1) is 10.8 Å². The summed E-state index contributed by atoms with van der Waals surface area (Å²) in [6.45, 7) is 3.84. The Kier molecular flexibility index (Phi) is 6.86. The van der Waals surface area contributed by atoms with Crippen molar-refractivity contribution in [3.63, 3.8) is 0 Å². The summed E-state index contributed by atoms with van der Waals surface area (Å²) < 4.78 is 5.37. The lowest BCUT2D eigenvalue weighted by molar-refractivity contribution is -0.140. The predicted octanol–water partition coefficient (Wildman–Crippen LogP) is 3.94. The van der Waals surface area contributed by atoms with E-state index in [0.29, 0.717) is 21.9 Å². The van der Waals surface area contributed by atoms with Crippen LogP contribution in [0.25, 0.3) is 0 Å². The van der Waals surface area contributed by atoms with Crippen molar-refractivity contribution in [2.45, 2.75) is 68.5 Å². The summed E-state index contributed by atoms with van der Waals surface area (Å²) in [6.07, 6.45) is 15.4. The van der Waals surface area contributed by atoms with Gasteiger partial charge in [0, 0.05) is 11.8 Å². The van der Waals surface area contributed by atoms with E-state index in [0.717, 1.165) is 25.1 Å². The molecule has 28 heavy (non-hydrogen) atoms. The minimum absolute atomic E-state index is 0.144. The van der Waals surface area contributed by atoms with Crippen LogP contribution in [0.2, 0.25) is 0 Å². The number of thioether (sulfide) groups is 1. The normalized spacial score (nSPS) is 26.1. The molecule has 0 aromatic carbocycles. The van der Waals surface area contributed by atoms with Gasteiger partial charge in [0.25, 0.3) is 0 Å². The summed E-state index contributed by atoms with van der Waals surface area (Å²) >= 11 is 2.01. The van der Waals surface area contributed by atoms with Crippen molar-refractivity contribution in [2.75, 3.05) is 19.6 Å². The highest BCUT2D eigenvalue weighted by atomic mass is 32.2. The number of nitrogens with zero attached hydrogens (tertiary/aromatic N) is 3. The third kappa shape index (κ3) is 5.26. The molecule has 0 amide bonds. The van der Waals surface area contributed by atoms with Crippen molar-refractivity contribution >= 4 is 17.7 Å². The standard InChI is InChI=1S/C21H30N4O2S/c26-21(16-8-4-3-5-9-16)27-15-19-22-20(24-23-19)18-11-10-17(28-18)14-25-12-6-1-2-7-13-25/h4,8-9,17-18H,1-3,5-7,10-15H2,(H,22,23,24). The first-order valence-corrected chi connectivity index (χ1v) is 11.5. The maximum atomic E-state index is 12.1. The number of carbonyl (C=O) groups is 1. The first-order valence-electron chi connectivity index (χ1n) is 10.6. The molecule has 1 aromatic rings. The number of ether oxygens (including phenoxy) is 1. The number of carbonyl (C=O) groups excluding carboxylic acids is 1. The summed E-state index contributed by atoms with van der Waals surface area (Å²) in [5, 5.41) is 8.36. The van der Waals surface area contributed by atoms with Crippen LogP contribution in [0.5, 0.6) is 0 Å². The lowest BCUT2D eigenvalue weighted by Gasteiger charge is -2.23. The van der Waals surface area contributed by atoms with Gasteiger partial charge in [-0.3, -0.25) is 5.10 Å². The zero-order chi connectivity index (χ0) is 19.2. The van der Waals surface area contributed by atoms with E-state index < -0.39 is 0 Å². The number of rotatable bonds is 6. The maximum Gasteiger partial charge on any atom is 0.338 e. The second-order valence-corrected chi connectivity index (χ2v) is 9.40. The molecular formula is C21H30N4O2S. The highest BCUT2D eigenvalue weighted by Gasteiger charge is 2.30. The molecule has 2 saturated heterocycles.